The molecule has 1 atom stereocenters. The number of rotatable bonds is 16. The fraction of sp³-hybridized carbons (Fsp3) is 0.821. The van der Waals surface area contributed by atoms with Gasteiger partial charge < -0.3 is 15.0 Å². The van der Waals surface area contributed by atoms with Crippen molar-refractivity contribution in [1.82, 2.24) is 10.2 Å². The standard InChI is InChI=1S/C19H34N2S.C8H18.C5H10O.3C2H6.CH4/c1-8-19(9-2,10-3)14-20-15(5)13-21-16(6)12-18(17(21)7)22-11-4;1-4-7-8(5-2)6-3;1-3-4-5(2)6;3*1-2;/h18,20H,5-14H2,1-4H3;8H,4-7H2,1-3H3;3-4H2,1-2H3;3*1-2H3;1H4. The predicted octanol–water partition coefficient (Wildman–Crippen LogP) is 13.5. The summed E-state index contributed by atoms with van der Waals surface area (Å²) < 4.78 is 0. The van der Waals surface area contributed by atoms with Crippen LogP contribution in [0.5, 0.6) is 0 Å². The van der Waals surface area contributed by atoms with Gasteiger partial charge in [-0.15, -0.1) is 0 Å². The maximum Gasteiger partial charge on any atom is 0.129 e. The minimum absolute atomic E-state index is 0. The molecular formula is C39H84N2OS. The van der Waals surface area contributed by atoms with Crippen LogP contribution in [0.2, 0.25) is 0 Å². The van der Waals surface area contributed by atoms with Crippen molar-refractivity contribution in [2.45, 2.75) is 181 Å². The fourth-order valence-corrected chi connectivity index (χ4v) is 5.56. The minimum atomic E-state index is 0. The molecule has 0 spiro atoms. The zero-order chi connectivity index (χ0) is 34.1. The minimum Gasteiger partial charge on any atom is -0.387 e. The molecule has 3 nitrogen and oxygen atoms in total. The second kappa shape index (κ2) is 38.9. The molecule has 1 heterocycles. The van der Waals surface area contributed by atoms with Crippen LogP contribution in [0.15, 0.2) is 36.8 Å². The van der Waals surface area contributed by atoms with Gasteiger partial charge in [-0.25, -0.2) is 0 Å². The molecule has 0 aromatic heterocycles. The Kier molecular flexibility index (Phi) is 49.1. The number of hydrogen-bond donors (Lipinski definition) is 1. The number of carbonyl (C=O) groups excluding carboxylic acids is 1. The largest absolute Gasteiger partial charge is 0.387 e. The lowest BCUT2D eigenvalue weighted by molar-refractivity contribution is -0.117. The topological polar surface area (TPSA) is 32.3 Å². The van der Waals surface area contributed by atoms with Crippen molar-refractivity contribution in [3.63, 3.8) is 0 Å². The third kappa shape index (κ3) is 28.1. The normalized spacial score (nSPS) is 13.2. The summed E-state index contributed by atoms with van der Waals surface area (Å²) in [7, 11) is 0. The third-order valence-corrected chi connectivity index (χ3v) is 8.83. The highest BCUT2D eigenvalue weighted by Crippen LogP contribution is 2.37. The Bertz CT molecular complexity index is 612. The van der Waals surface area contributed by atoms with Crippen molar-refractivity contribution in [3.8, 4) is 0 Å². The molecule has 0 aromatic rings. The van der Waals surface area contributed by atoms with Crippen LogP contribution in [0.1, 0.15) is 175 Å². The van der Waals surface area contributed by atoms with E-state index in [2.05, 4.69) is 78.4 Å². The fourth-order valence-electron chi connectivity index (χ4n) is 4.53. The Morgan fingerprint density at radius 2 is 1.37 bits per heavy atom. The van der Waals surface area contributed by atoms with Gasteiger partial charge in [0.15, 0.2) is 0 Å². The summed E-state index contributed by atoms with van der Waals surface area (Å²) in [5.41, 5.74) is 3.83. The van der Waals surface area contributed by atoms with Gasteiger partial charge in [0.2, 0.25) is 0 Å². The maximum absolute atomic E-state index is 10.0. The summed E-state index contributed by atoms with van der Waals surface area (Å²) in [6, 6.07) is 0. The Balaban J connectivity index is -0.000000135. The molecule has 262 valence electrons. The van der Waals surface area contributed by atoms with E-state index in [0.29, 0.717) is 10.7 Å². The Morgan fingerprint density at radius 1 is 0.907 bits per heavy atom. The molecule has 0 aliphatic carbocycles. The number of carbonyl (C=O) groups is 1. The van der Waals surface area contributed by atoms with Crippen molar-refractivity contribution in [2.24, 2.45) is 11.3 Å². The van der Waals surface area contributed by atoms with Crippen LogP contribution < -0.4 is 5.32 Å². The van der Waals surface area contributed by atoms with Gasteiger partial charge in [0.25, 0.3) is 0 Å². The lowest BCUT2D eigenvalue weighted by atomic mass is 9.80. The first kappa shape index (κ1) is 54.3. The van der Waals surface area contributed by atoms with Crippen molar-refractivity contribution in [1.29, 1.82) is 0 Å². The molecule has 1 fully saturated rings. The molecule has 43 heavy (non-hydrogen) atoms. The van der Waals surface area contributed by atoms with Crippen molar-refractivity contribution in [3.05, 3.63) is 36.8 Å². The number of hydrogen-bond acceptors (Lipinski definition) is 4. The Labute approximate surface area is 279 Å². The quantitative estimate of drug-likeness (QED) is 0.184. The molecule has 4 heteroatoms. The Hall–Kier alpha value is -1.16. The average molecular weight is 629 g/mol. The SMILES string of the molecule is C.C=C(CN1C(=C)CC(SCC)C1=C)NCC(CC)(CC)CC.CC.CC.CC.CCCC(C)=O.CCCC(CC)CC. The molecule has 1 aliphatic rings. The molecular weight excluding hydrogens is 545 g/mol. The van der Waals surface area contributed by atoms with E-state index < -0.39 is 0 Å². The molecule has 0 aromatic carbocycles. The van der Waals surface area contributed by atoms with Crippen LogP contribution in [0.25, 0.3) is 0 Å². The summed E-state index contributed by atoms with van der Waals surface area (Å²) in [6.45, 7) is 46.0. The summed E-state index contributed by atoms with van der Waals surface area (Å²) in [5, 5.41) is 4.06. The lowest BCUT2D eigenvalue weighted by Crippen LogP contribution is -2.35. The molecule has 0 saturated carbocycles. The number of allylic oxidation sites excluding steroid dienone is 1. The summed E-state index contributed by atoms with van der Waals surface area (Å²) >= 11 is 1.96. The number of Topliss-reactive ketones (excluding diaryl/α,β-unsaturated/α-hetero) is 1. The van der Waals surface area contributed by atoms with E-state index in [9.17, 15) is 4.79 Å². The zero-order valence-electron chi connectivity index (χ0n) is 31.7. The van der Waals surface area contributed by atoms with Gasteiger partial charge in [-0.05, 0) is 49.7 Å². The van der Waals surface area contributed by atoms with Gasteiger partial charge in [-0.1, -0.05) is 150 Å². The van der Waals surface area contributed by atoms with E-state index in [1.165, 1.54) is 56.3 Å². The monoisotopic (exact) mass is 629 g/mol. The Morgan fingerprint density at radius 3 is 1.65 bits per heavy atom. The van der Waals surface area contributed by atoms with E-state index >= 15 is 0 Å². The molecule has 0 radical (unpaired) electrons. The van der Waals surface area contributed by atoms with Crippen LogP contribution in [-0.2, 0) is 4.79 Å². The summed E-state index contributed by atoms with van der Waals surface area (Å²) in [4.78, 5) is 12.3. The highest BCUT2D eigenvalue weighted by atomic mass is 32.2. The second-order valence-corrected chi connectivity index (χ2v) is 11.7. The zero-order valence-corrected chi connectivity index (χ0v) is 32.5. The van der Waals surface area contributed by atoms with Crippen LogP contribution in [0.3, 0.4) is 0 Å². The average Bonchev–Trinajstić information content (AvgIpc) is 3.28. The van der Waals surface area contributed by atoms with Gasteiger partial charge in [0, 0.05) is 41.7 Å². The van der Waals surface area contributed by atoms with Crippen LogP contribution in [-0.4, -0.2) is 34.8 Å². The first-order valence-electron chi connectivity index (χ1n) is 17.7. The van der Waals surface area contributed by atoms with E-state index in [1.54, 1.807) is 6.92 Å². The summed E-state index contributed by atoms with van der Waals surface area (Å²) in [5.74, 6) is 2.41. The molecule has 0 amide bonds. The van der Waals surface area contributed by atoms with Crippen LogP contribution >= 0.6 is 11.8 Å². The van der Waals surface area contributed by atoms with Crippen molar-refractivity contribution < 1.29 is 4.79 Å². The van der Waals surface area contributed by atoms with Crippen LogP contribution in [0.4, 0.5) is 0 Å². The molecule has 1 unspecified atom stereocenters. The maximum atomic E-state index is 10.0. The van der Waals surface area contributed by atoms with Gasteiger partial charge in [-0.2, -0.15) is 11.8 Å². The highest BCUT2D eigenvalue weighted by Gasteiger charge is 2.30. The van der Waals surface area contributed by atoms with Gasteiger partial charge in [0.1, 0.15) is 5.78 Å². The molecule has 1 saturated heterocycles. The molecule has 1 rings (SSSR count). The number of likely N-dealkylation sites (tertiary alicyclic amines) is 1. The van der Waals surface area contributed by atoms with E-state index in [1.807, 2.05) is 60.2 Å². The van der Waals surface area contributed by atoms with Gasteiger partial charge in [-0.3, -0.25) is 0 Å². The van der Waals surface area contributed by atoms with Gasteiger partial charge in [0.05, 0.1) is 6.54 Å². The van der Waals surface area contributed by atoms with E-state index in [-0.39, 0.29) is 13.2 Å². The number of thioether (sulfide) groups is 1. The second-order valence-electron chi connectivity index (χ2n) is 10.2. The molecule has 1 N–H and O–H groups in total. The first-order chi connectivity index (χ1) is 20.0. The van der Waals surface area contributed by atoms with Crippen LogP contribution in [0, 0.1) is 11.3 Å². The molecule has 1 aliphatic heterocycles. The summed E-state index contributed by atoms with van der Waals surface area (Å²) in [6.07, 6.45) is 11.9. The number of nitrogens with one attached hydrogen (secondary N) is 1. The van der Waals surface area contributed by atoms with Crippen molar-refractivity contribution in [2.75, 3.05) is 18.8 Å². The first-order valence-corrected chi connectivity index (χ1v) is 18.8. The molecule has 0 bridgehead atoms. The van der Waals surface area contributed by atoms with Crippen molar-refractivity contribution >= 4 is 17.5 Å². The number of nitrogens with zero attached hydrogens (tertiary/aromatic N) is 1. The van der Waals surface area contributed by atoms with Gasteiger partial charge >= 0.3 is 0 Å². The smallest absolute Gasteiger partial charge is 0.129 e. The predicted molar refractivity (Wildman–Crippen MR) is 207 cm³/mol. The highest BCUT2D eigenvalue weighted by molar-refractivity contribution is 8.00. The third-order valence-electron chi connectivity index (χ3n) is 7.66. The van der Waals surface area contributed by atoms with E-state index in [0.717, 1.165) is 49.7 Å². The lowest BCUT2D eigenvalue weighted by Gasteiger charge is -2.32. The van der Waals surface area contributed by atoms with E-state index in [4.69, 9.17) is 0 Å². The number of ketones is 1.